The third-order valence-corrected chi connectivity index (χ3v) is 5.76. The predicted molar refractivity (Wildman–Crippen MR) is 128 cm³/mol. The highest BCUT2D eigenvalue weighted by molar-refractivity contribution is 6.32. The molecule has 0 radical (unpaired) electrons. The number of amides is 1. The van der Waals surface area contributed by atoms with Crippen LogP contribution in [0.15, 0.2) is 73.3 Å². The summed E-state index contributed by atoms with van der Waals surface area (Å²) in [7, 11) is 0. The molecule has 0 aliphatic heterocycles. The number of benzene rings is 2. The number of halogens is 4. The quantitative estimate of drug-likeness (QED) is 0.346. The lowest BCUT2D eigenvalue weighted by atomic mass is 10.1. The van der Waals surface area contributed by atoms with Gasteiger partial charge in [-0.3, -0.25) is 9.78 Å². The molecule has 0 fully saturated rings. The zero-order valence-corrected chi connectivity index (χ0v) is 19.1. The number of fused-ring (bicyclic) bond motifs is 1. The van der Waals surface area contributed by atoms with Gasteiger partial charge in [0.15, 0.2) is 5.69 Å². The fourth-order valence-corrected chi connectivity index (χ4v) is 4.08. The molecule has 0 unspecified atom stereocenters. The number of nitrogens with one attached hydrogen (secondary N) is 1. The van der Waals surface area contributed by atoms with Gasteiger partial charge < -0.3 is 11.1 Å². The molecule has 0 aliphatic carbocycles. The van der Waals surface area contributed by atoms with E-state index in [-0.39, 0.29) is 16.4 Å². The molecule has 0 saturated carbocycles. The molecule has 3 heterocycles. The number of carbonyl (C=O) groups is 1. The first-order valence-electron chi connectivity index (χ1n) is 10.6. The fourth-order valence-electron chi connectivity index (χ4n) is 3.81. The number of pyridine rings is 1. The second-order valence-electron chi connectivity index (χ2n) is 7.78. The smallest absolute Gasteiger partial charge is 0.326 e. The molecule has 0 spiro atoms. The molecule has 36 heavy (non-hydrogen) atoms. The lowest BCUT2D eigenvalue weighted by Gasteiger charge is -2.14. The van der Waals surface area contributed by atoms with Gasteiger partial charge in [0.05, 0.1) is 39.9 Å². The summed E-state index contributed by atoms with van der Waals surface area (Å²) in [6.07, 6.45) is 0.858. The molecule has 0 bridgehead atoms. The van der Waals surface area contributed by atoms with Crippen molar-refractivity contribution in [3.05, 3.63) is 95.2 Å². The van der Waals surface area contributed by atoms with Crippen LogP contribution in [0.4, 0.5) is 18.9 Å². The van der Waals surface area contributed by atoms with E-state index in [0.717, 1.165) is 11.8 Å². The first-order chi connectivity index (χ1) is 17.3. The van der Waals surface area contributed by atoms with E-state index in [4.69, 9.17) is 17.3 Å². The molecule has 0 aliphatic rings. The van der Waals surface area contributed by atoms with Crippen molar-refractivity contribution in [3.8, 4) is 11.4 Å². The minimum Gasteiger partial charge on any atom is -0.326 e. The standard InChI is InChI=1S/C24H17ClF3N7O/c25-18-9-15(6-7-21(18)34-13-14(10-29)11-31-34)33-23(36)17-12-32-35(22(17)24(26,27)28)20-5-1-4-19-16(20)3-2-8-30-19/h1-9,11-13H,10,29H2,(H,33,36). The van der Waals surface area contributed by atoms with Crippen LogP contribution in [0.2, 0.25) is 5.02 Å². The fraction of sp³-hybridized carbons (Fsp3) is 0.0833. The Kier molecular flexibility index (Phi) is 5.94. The summed E-state index contributed by atoms with van der Waals surface area (Å²) in [6.45, 7) is 0.302. The van der Waals surface area contributed by atoms with Gasteiger partial charge in [-0.2, -0.15) is 23.4 Å². The molecule has 2 aromatic carbocycles. The van der Waals surface area contributed by atoms with E-state index < -0.39 is 23.3 Å². The summed E-state index contributed by atoms with van der Waals surface area (Å²) in [5.74, 6) is -0.986. The number of rotatable bonds is 5. The second-order valence-corrected chi connectivity index (χ2v) is 8.19. The highest BCUT2D eigenvalue weighted by atomic mass is 35.5. The van der Waals surface area contributed by atoms with E-state index in [1.54, 1.807) is 48.9 Å². The van der Waals surface area contributed by atoms with Crippen LogP contribution in [0.5, 0.6) is 0 Å². The zero-order chi connectivity index (χ0) is 25.4. The molecule has 8 nitrogen and oxygen atoms in total. The predicted octanol–water partition coefficient (Wildman–Crippen LogP) is 4.99. The average Bonchev–Trinajstić information content (AvgIpc) is 3.51. The molecule has 0 saturated heterocycles. The van der Waals surface area contributed by atoms with Gasteiger partial charge in [0.1, 0.15) is 0 Å². The van der Waals surface area contributed by atoms with E-state index in [1.807, 2.05) is 0 Å². The Hall–Kier alpha value is -4.22. The van der Waals surface area contributed by atoms with Crippen molar-refractivity contribution >= 4 is 34.1 Å². The van der Waals surface area contributed by atoms with Gasteiger partial charge in [0.2, 0.25) is 0 Å². The first kappa shape index (κ1) is 23.5. The summed E-state index contributed by atoms with van der Waals surface area (Å²) in [5.41, 5.74) is 5.92. The van der Waals surface area contributed by atoms with Gasteiger partial charge >= 0.3 is 6.18 Å². The number of nitrogens with zero attached hydrogens (tertiary/aromatic N) is 5. The van der Waals surface area contributed by atoms with Gasteiger partial charge in [-0.15, -0.1) is 0 Å². The number of hydrogen-bond acceptors (Lipinski definition) is 5. The third kappa shape index (κ3) is 4.30. The van der Waals surface area contributed by atoms with Crippen molar-refractivity contribution in [1.82, 2.24) is 24.5 Å². The maximum atomic E-state index is 14.2. The van der Waals surface area contributed by atoms with Crippen LogP contribution >= 0.6 is 11.6 Å². The van der Waals surface area contributed by atoms with Crippen molar-refractivity contribution < 1.29 is 18.0 Å². The molecule has 3 N–H and O–H groups in total. The van der Waals surface area contributed by atoms with Crippen molar-refractivity contribution in [1.29, 1.82) is 0 Å². The molecule has 12 heteroatoms. The Balaban J connectivity index is 1.49. The van der Waals surface area contributed by atoms with Crippen LogP contribution in [0.3, 0.4) is 0 Å². The summed E-state index contributed by atoms with van der Waals surface area (Å²) in [5, 5.41) is 11.2. The Labute approximate surface area is 207 Å². The maximum Gasteiger partial charge on any atom is 0.434 e. The third-order valence-electron chi connectivity index (χ3n) is 5.46. The average molecular weight is 512 g/mol. The zero-order valence-electron chi connectivity index (χ0n) is 18.4. The molecule has 182 valence electrons. The van der Waals surface area contributed by atoms with Gasteiger partial charge in [-0.1, -0.05) is 17.7 Å². The highest BCUT2D eigenvalue weighted by Gasteiger charge is 2.41. The van der Waals surface area contributed by atoms with Crippen LogP contribution in [0.1, 0.15) is 21.6 Å². The maximum absolute atomic E-state index is 14.2. The topological polar surface area (TPSA) is 104 Å². The van der Waals surface area contributed by atoms with Crippen molar-refractivity contribution in [2.75, 3.05) is 5.32 Å². The molecular weight excluding hydrogens is 495 g/mol. The highest BCUT2D eigenvalue weighted by Crippen LogP contribution is 2.35. The second kappa shape index (κ2) is 9.10. The molecule has 1 amide bonds. The molecule has 3 aromatic heterocycles. The van der Waals surface area contributed by atoms with Gasteiger partial charge in [0, 0.05) is 35.6 Å². The summed E-state index contributed by atoms with van der Waals surface area (Å²) >= 11 is 6.34. The molecule has 5 aromatic rings. The first-order valence-corrected chi connectivity index (χ1v) is 11.0. The van der Waals surface area contributed by atoms with Crippen LogP contribution in [0, 0.1) is 0 Å². The lowest BCUT2D eigenvalue weighted by molar-refractivity contribution is -0.143. The number of anilines is 1. The Morgan fingerprint density at radius 3 is 2.61 bits per heavy atom. The van der Waals surface area contributed by atoms with Crippen LogP contribution in [0.25, 0.3) is 22.3 Å². The number of nitrogens with two attached hydrogens (primary N) is 1. The van der Waals surface area contributed by atoms with Crippen LogP contribution in [-0.2, 0) is 12.7 Å². The number of hydrogen-bond donors (Lipinski definition) is 2. The lowest BCUT2D eigenvalue weighted by Crippen LogP contribution is -2.21. The minimum absolute atomic E-state index is 0.149. The van der Waals surface area contributed by atoms with E-state index in [2.05, 4.69) is 20.5 Å². The molecule has 0 atom stereocenters. The Morgan fingerprint density at radius 2 is 1.89 bits per heavy atom. The van der Waals surface area contributed by atoms with E-state index in [0.29, 0.717) is 27.8 Å². The van der Waals surface area contributed by atoms with Crippen molar-refractivity contribution in [2.45, 2.75) is 12.7 Å². The van der Waals surface area contributed by atoms with Gasteiger partial charge in [-0.05, 0) is 42.5 Å². The van der Waals surface area contributed by atoms with Gasteiger partial charge in [0.25, 0.3) is 5.91 Å². The number of carbonyl (C=O) groups excluding carboxylic acids is 1. The Bertz CT molecular complexity index is 1590. The molecule has 5 rings (SSSR count). The van der Waals surface area contributed by atoms with Crippen LogP contribution in [-0.4, -0.2) is 30.5 Å². The van der Waals surface area contributed by atoms with Crippen molar-refractivity contribution in [3.63, 3.8) is 0 Å². The summed E-state index contributed by atoms with van der Waals surface area (Å²) in [4.78, 5) is 17.1. The number of aromatic nitrogens is 5. The number of alkyl halides is 3. The monoisotopic (exact) mass is 511 g/mol. The minimum atomic E-state index is -4.87. The SMILES string of the molecule is NCc1cnn(-c2ccc(NC(=O)c3cnn(-c4cccc5ncccc45)c3C(F)(F)F)cc2Cl)c1. The van der Waals surface area contributed by atoms with Crippen molar-refractivity contribution in [2.24, 2.45) is 5.73 Å². The normalized spacial score (nSPS) is 11.7. The largest absolute Gasteiger partial charge is 0.434 e. The Morgan fingerprint density at radius 1 is 1.06 bits per heavy atom. The van der Waals surface area contributed by atoms with Crippen LogP contribution < -0.4 is 11.1 Å². The summed E-state index contributed by atoms with van der Waals surface area (Å²) < 4.78 is 44.7. The summed E-state index contributed by atoms with van der Waals surface area (Å²) in [6, 6.07) is 12.5. The molecular formula is C24H17ClF3N7O. The van der Waals surface area contributed by atoms with E-state index in [1.165, 1.54) is 22.9 Å². The van der Waals surface area contributed by atoms with E-state index in [9.17, 15) is 18.0 Å². The van der Waals surface area contributed by atoms with E-state index >= 15 is 0 Å². The van der Waals surface area contributed by atoms with Gasteiger partial charge in [-0.25, -0.2) is 9.36 Å².